The zero-order chi connectivity index (χ0) is 19.9. The highest BCUT2D eigenvalue weighted by atomic mass is 35.5. The van der Waals surface area contributed by atoms with E-state index in [4.69, 9.17) is 48.8 Å². The number of pyridine rings is 1. The molecule has 2 aromatic heterocycles. The Morgan fingerprint density at radius 2 is 1.81 bits per heavy atom. The second-order valence-corrected chi connectivity index (χ2v) is 6.74. The molecule has 0 radical (unpaired) electrons. The molecule has 7 nitrogen and oxygen atoms in total. The van der Waals surface area contributed by atoms with Gasteiger partial charge in [0, 0.05) is 12.5 Å². The van der Waals surface area contributed by atoms with Gasteiger partial charge in [-0.1, -0.05) is 28.4 Å². The summed E-state index contributed by atoms with van der Waals surface area (Å²) in [6, 6.07) is 3.25. The van der Waals surface area contributed by atoms with Gasteiger partial charge < -0.3 is 19.2 Å². The highest BCUT2D eigenvalue weighted by Gasteiger charge is 2.26. The summed E-state index contributed by atoms with van der Waals surface area (Å²) >= 11 is 18.6. The van der Waals surface area contributed by atoms with Crippen LogP contribution in [0.3, 0.4) is 0 Å². The molecule has 0 N–H and O–H groups in total. The summed E-state index contributed by atoms with van der Waals surface area (Å²) in [7, 11) is 2.97. The number of hydrogen-bond donors (Lipinski definition) is 0. The average Bonchev–Trinajstić information content (AvgIpc) is 3.14. The molecule has 0 spiro atoms. The molecule has 1 aromatic carbocycles. The van der Waals surface area contributed by atoms with Crippen molar-refractivity contribution in [1.29, 1.82) is 0 Å². The van der Waals surface area contributed by atoms with Crippen LogP contribution in [0.1, 0.15) is 11.3 Å². The third kappa shape index (κ3) is 3.26. The second kappa shape index (κ2) is 7.42. The molecular formula is C17H14Cl3N3O4. The van der Waals surface area contributed by atoms with Gasteiger partial charge in [-0.2, -0.15) is 9.71 Å². The van der Waals surface area contributed by atoms with Gasteiger partial charge >= 0.3 is 0 Å². The van der Waals surface area contributed by atoms with Crippen LogP contribution >= 0.6 is 34.8 Å². The molecule has 0 fully saturated rings. The van der Waals surface area contributed by atoms with Crippen LogP contribution in [0.5, 0.6) is 11.5 Å². The molecular weight excluding hydrogens is 417 g/mol. The fourth-order valence-electron chi connectivity index (χ4n) is 2.62. The van der Waals surface area contributed by atoms with Crippen LogP contribution in [0, 0.1) is 19.1 Å². The first kappa shape index (κ1) is 19.5. The number of hydrogen-bond acceptors (Lipinski definition) is 6. The molecule has 0 atom stereocenters. The average molecular weight is 431 g/mol. The Morgan fingerprint density at radius 3 is 2.44 bits per heavy atom. The van der Waals surface area contributed by atoms with Gasteiger partial charge in [-0.25, -0.2) is 0 Å². The van der Waals surface area contributed by atoms with Crippen LogP contribution in [-0.2, 0) is 0 Å². The van der Waals surface area contributed by atoms with Crippen molar-refractivity contribution in [2.24, 2.45) is 0 Å². The lowest BCUT2D eigenvalue weighted by molar-refractivity contribution is -0.609. The molecule has 0 aliphatic heterocycles. The van der Waals surface area contributed by atoms with Crippen LogP contribution in [0.2, 0.25) is 15.2 Å². The first-order valence-corrected chi connectivity index (χ1v) is 8.77. The molecule has 3 rings (SSSR count). The quantitative estimate of drug-likeness (QED) is 0.341. The monoisotopic (exact) mass is 429 g/mol. The maximum absolute atomic E-state index is 12.2. The molecule has 0 aliphatic carbocycles. The van der Waals surface area contributed by atoms with Gasteiger partial charge in [-0.15, -0.1) is 0 Å². The minimum absolute atomic E-state index is 0.0907. The summed E-state index contributed by atoms with van der Waals surface area (Å²) in [4.78, 5) is 4.33. The number of ether oxygens (including phenoxy) is 2. The van der Waals surface area contributed by atoms with E-state index in [9.17, 15) is 5.21 Å². The van der Waals surface area contributed by atoms with Crippen LogP contribution in [0.15, 0.2) is 16.7 Å². The second-order valence-electron chi connectivity index (χ2n) is 5.60. The number of methoxy groups -OCH3 is 2. The maximum atomic E-state index is 12.2. The van der Waals surface area contributed by atoms with Crippen molar-refractivity contribution in [3.8, 4) is 34.3 Å². The predicted octanol–water partition coefficient (Wildman–Crippen LogP) is 4.63. The van der Waals surface area contributed by atoms with Crippen LogP contribution in [0.25, 0.3) is 22.8 Å². The minimum atomic E-state index is -0.0907. The molecule has 0 bridgehead atoms. The van der Waals surface area contributed by atoms with Crippen molar-refractivity contribution in [3.05, 3.63) is 43.8 Å². The summed E-state index contributed by atoms with van der Waals surface area (Å²) in [5.41, 5.74) is 1.67. The van der Waals surface area contributed by atoms with E-state index >= 15 is 0 Å². The standard InChI is InChI=1S/C17H14Cl3N3O4/c1-7-12(15(20)23(24)8(2)13(7)19)16-21-17(27-22-16)9-5-10(18)14(26-4)11(6-9)25-3/h5-6H,1-4H3. The van der Waals surface area contributed by atoms with E-state index in [1.54, 1.807) is 26.0 Å². The number of halogens is 3. The molecule has 0 unspecified atom stereocenters. The van der Waals surface area contributed by atoms with Gasteiger partial charge in [0.15, 0.2) is 11.5 Å². The number of rotatable bonds is 4. The highest BCUT2D eigenvalue weighted by Crippen LogP contribution is 2.40. The van der Waals surface area contributed by atoms with Gasteiger partial charge in [-0.05, 0) is 36.2 Å². The van der Waals surface area contributed by atoms with E-state index in [0.717, 1.165) is 0 Å². The molecule has 142 valence electrons. The summed E-state index contributed by atoms with van der Waals surface area (Å²) < 4.78 is 16.3. The van der Waals surface area contributed by atoms with Crippen molar-refractivity contribution in [1.82, 2.24) is 10.1 Å². The summed E-state index contributed by atoms with van der Waals surface area (Å²) in [6.07, 6.45) is 0. The van der Waals surface area contributed by atoms with Gasteiger partial charge in [-0.3, -0.25) is 0 Å². The highest BCUT2D eigenvalue weighted by molar-refractivity contribution is 6.34. The lowest BCUT2D eigenvalue weighted by Gasteiger charge is -2.10. The van der Waals surface area contributed by atoms with Gasteiger partial charge in [0.2, 0.25) is 11.5 Å². The largest absolute Gasteiger partial charge is 0.617 e. The lowest BCUT2D eigenvalue weighted by atomic mass is 10.1. The lowest BCUT2D eigenvalue weighted by Crippen LogP contribution is -2.33. The SMILES string of the molecule is COc1cc(-c2nc(-c3c(C)c(Cl)c(C)[n+]([O-])c3Cl)no2)cc(Cl)c1OC. The van der Waals surface area contributed by atoms with Crippen LogP contribution in [0.4, 0.5) is 0 Å². The Bertz CT molecular complexity index is 1010. The first-order chi connectivity index (χ1) is 12.8. The predicted molar refractivity (Wildman–Crippen MR) is 102 cm³/mol. The van der Waals surface area contributed by atoms with Crippen molar-refractivity contribution in [2.45, 2.75) is 13.8 Å². The molecule has 0 aliphatic rings. The molecule has 10 heteroatoms. The van der Waals surface area contributed by atoms with Crippen molar-refractivity contribution >= 4 is 34.8 Å². The third-order valence-corrected chi connectivity index (χ3v) is 5.22. The maximum Gasteiger partial charge on any atom is 0.298 e. The smallest absolute Gasteiger partial charge is 0.298 e. The minimum Gasteiger partial charge on any atom is -0.617 e. The van der Waals surface area contributed by atoms with Crippen molar-refractivity contribution in [2.75, 3.05) is 14.2 Å². The molecule has 3 aromatic rings. The molecule has 0 amide bonds. The first-order valence-electron chi connectivity index (χ1n) is 7.63. The topological polar surface area (TPSA) is 84.3 Å². The Hall–Kier alpha value is -2.22. The van der Waals surface area contributed by atoms with Crippen molar-refractivity contribution < 1.29 is 18.7 Å². The van der Waals surface area contributed by atoms with E-state index in [1.165, 1.54) is 14.2 Å². The van der Waals surface area contributed by atoms with Crippen molar-refractivity contribution in [3.63, 3.8) is 0 Å². The number of nitrogens with zero attached hydrogens (tertiary/aromatic N) is 3. The Labute approximate surface area is 170 Å². The fourth-order valence-corrected chi connectivity index (χ4v) is 3.43. The van der Waals surface area contributed by atoms with Gasteiger partial charge in [0.1, 0.15) is 10.6 Å². The number of aromatic nitrogens is 3. The zero-order valence-corrected chi connectivity index (χ0v) is 17.0. The van der Waals surface area contributed by atoms with Crippen LogP contribution in [-0.4, -0.2) is 24.4 Å². The van der Waals surface area contributed by atoms with Gasteiger partial charge in [0.05, 0.1) is 19.2 Å². The Kier molecular flexibility index (Phi) is 5.37. The summed E-state index contributed by atoms with van der Waals surface area (Å²) in [5.74, 6) is 1.09. The molecule has 27 heavy (non-hydrogen) atoms. The number of benzene rings is 1. The van der Waals surface area contributed by atoms with E-state index < -0.39 is 0 Å². The van der Waals surface area contributed by atoms with Crippen LogP contribution < -0.4 is 14.2 Å². The van der Waals surface area contributed by atoms with E-state index in [2.05, 4.69) is 10.1 Å². The molecule has 2 heterocycles. The fraction of sp³-hybridized carbons (Fsp3) is 0.235. The normalized spacial score (nSPS) is 10.9. The molecule has 0 saturated carbocycles. The van der Waals surface area contributed by atoms with E-state index in [0.29, 0.717) is 43.6 Å². The summed E-state index contributed by atoms with van der Waals surface area (Å²) in [5, 5.41) is 16.6. The van der Waals surface area contributed by atoms with E-state index in [-0.39, 0.29) is 21.9 Å². The Balaban J connectivity index is 2.14. The molecule has 0 saturated heterocycles. The third-order valence-electron chi connectivity index (χ3n) is 4.04. The summed E-state index contributed by atoms with van der Waals surface area (Å²) in [6.45, 7) is 3.30. The van der Waals surface area contributed by atoms with Gasteiger partial charge in [0.25, 0.3) is 11.0 Å². The zero-order valence-electron chi connectivity index (χ0n) is 14.8. The Morgan fingerprint density at radius 1 is 1.11 bits per heavy atom. The van der Waals surface area contributed by atoms with E-state index in [1.807, 2.05) is 0 Å².